The summed E-state index contributed by atoms with van der Waals surface area (Å²) in [7, 11) is 0. The van der Waals surface area contributed by atoms with Crippen LogP contribution in [-0.4, -0.2) is 81.6 Å². The van der Waals surface area contributed by atoms with Crippen LogP contribution in [0.15, 0.2) is 84.3 Å². The molecule has 0 bridgehead atoms. The van der Waals surface area contributed by atoms with Crippen molar-refractivity contribution in [3.63, 3.8) is 0 Å². The van der Waals surface area contributed by atoms with E-state index in [9.17, 15) is 19.2 Å². The van der Waals surface area contributed by atoms with Crippen LogP contribution in [0.3, 0.4) is 0 Å². The molecule has 12 nitrogen and oxygen atoms in total. The Bertz CT molecular complexity index is 2090. The third-order valence-corrected chi connectivity index (χ3v) is 12.5. The zero-order valence-corrected chi connectivity index (χ0v) is 32.9. The molecule has 2 aromatic carbocycles. The van der Waals surface area contributed by atoms with Gasteiger partial charge in [0.05, 0.1) is 22.5 Å². The van der Waals surface area contributed by atoms with Crippen molar-refractivity contribution in [3.8, 4) is 16.5 Å². The van der Waals surface area contributed by atoms with Gasteiger partial charge in [0.25, 0.3) is 0 Å². The number of rotatable bonds is 9. The molecule has 5 atom stereocenters. The molecule has 1 saturated heterocycles. The number of carbonyl (C=O) groups is 4. The number of nitrogens with one attached hydrogen (secondary N) is 3. The van der Waals surface area contributed by atoms with Gasteiger partial charge in [-0.15, -0.1) is 11.3 Å². The van der Waals surface area contributed by atoms with Crippen LogP contribution in [-0.2, 0) is 25.5 Å². The first-order valence-electron chi connectivity index (χ1n) is 20.4. The molecule has 4 aliphatic rings. The van der Waals surface area contributed by atoms with Gasteiger partial charge in [0, 0.05) is 18.9 Å². The third kappa shape index (κ3) is 8.98. The zero-order valence-electron chi connectivity index (χ0n) is 32.1. The molecule has 4 amide bonds. The average molecular weight is 791 g/mol. The Morgan fingerprint density at radius 3 is 2.46 bits per heavy atom. The summed E-state index contributed by atoms with van der Waals surface area (Å²) >= 11 is 1.52. The Hall–Kier alpha value is -5.30. The van der Waals surface area contributed by atoms with Crippen LogP contribution < -0.4 is 20.7 Å². The predicted molar refractivity (Wildman–Crippen MR) is 217 cm³/mol. The van der Waals surface area contributed by atoms with Gasteiger partial charge in [-0.1, -0.05) is 73.5 Å². The van der Waals surface area contributed by atoms with Crippen molar-refractivity contribution in [3.05, 3.63) is 89.8 Å². The third-order valence-electron chi connectivity index (χ3n) is 11.6. The Morgan fingerprint density at radius 1 is 0.895 bits per heavy atom. The van der Waals surface area contributed by atoms with E-state index in [2.05, 4.69) is 22.0 Å². The van der Waals surface area contributed by atoms with Gasteiger partial charge in [0.1, 0.15) is 35.5 Å². The molecular formula is C44H50N6O6S. The first-order valence-corrected chi connectivity index (χ1v) is 21.3. The first kappa shape index (κ1) is 38.6. The van der Waals surface area contributed by atoms with Gasteiger partial charge in [-0.25, -0.2) is 14.8 Å². The summed E-state index contributed by atoms with van der Waals surface area (Å²) in [5.74, 6) is -0.922. The lowest BCUT2D eigenvalue weighted by Crippen LogP contribution is -2.58. The van der Waals surface area contributed by atoms with Gasteiger partial charge in [-0.05, 0) is 86.9 Å². The maximum Gasteiger partial charge on any atom is 0.408 e. The molecule has 298 valence electrons. The second-order valence-corrected chi connectivity index (χ2v) is 16.6. The lowest BCUT2D eigenvalue weighted by atomic mass is 10.0. The first-order chi connectivity index (χ1) is 27.9. The SMILES string of the molecule is O=C(N[C@H]1CCCCCC=CC2C[C@@]2(C(=O)NCCc2ccccc2)NC(=O)[C@@H]2C[C@@H](Oc3nc4ccccc4nc3-c3cccs3)CN2C1=O)OC1CCCC1. The molecule has 2 aromatic heterocycles. The number of benzene rings is 2. The van der Waals surface area contributed by atoms with Crippen molar-refractivity contribution in [2.45, 2.75) is 107 Å². The normalized spacial score (nSPS) is 25.4. The second-order valence-electron chi connectivity index (χ2n) is 15.7. The van der Waals surface area contributed by atoms with Gasteiger partial charge in [-0.3, -0.25) is 14.4 Å². The Labute approximate surface area is 336 Å². The number of alkyl carbamates (subject to hydrolysis) is 1. The molecule has 4 aromatic rings. The summed E-state index contributed by atoms with van der Waals surface area (Å²) in [6.07, 6.45) is 11.3. The molecule has 2 aliphatic heterocycles. The monoisotopic (exact) mass is 790 g/mol. The van der Waals surface area contributed by atoms with E-state index in [-0.39, 0.29) is 36.8 Å². The average Bonchev–Trinajstić information content (AvgIpc) is 3.72. The molecular weight excluding hydrogens is 741 g/mol. The maximum absolute atomic E-state index is 14.7. The predicted octanol–water partition coefficient (Wildman–Crippen LogP) is 6.50. The summed E-state index contributed by atoms with van der Waals surface area (Å²) in [5.41, 5.74) is 1.93. The summed E-state index contributed by atoms with van der Waals surface area (Å²) in [6.45, 7) is 0.495. The van der Waals surface area contributed by atoms with Crippen LogP contribution >= 0.6 is 11.3 Å². The Balaban J connectivity index is 1.07. The smallest absolute Gasteiger partial charge is 0.408 e. The molecule has 13 heteroatoms. The number of para-hydroxylation sites is 2. The Morgan fingerprint density at radius 2 is 1.67 bits per heavy atom. The molecule has 2 saturated carbocycles. The summed E-state index contributed by atoms with van der Waals surface area (Å²) in [4.78, 5) is 68.7. The quantitative estimate of drug-likeness (QED) is 0.163. The summed E-state index contributed by atoms with van der Waals surface area (Å²) < 4.78 is 12.4. The standard InChI is InChI=1S/C44H50N6O6S/c51-39-36-26-32(55-40-38(37-22-13-25-57-37)46-33-19-11-12-20-34(33)47-40)28-50(36)41(52)35(48-43(54)56-31-17-9-10-18-31)21-8-3-1-2-7-16-30-27-44(30,49-39)42(53)45-24-23-29-14-5-4-6-15-29/h4-7,11-16,19-20,22,25,30-32,35-36H,1-3,8-10,17-18,21,23-24,26-28H2,(H,45,53)(H,48,54)(H,49,51)/t30?,32-,35+,36+,44-/m1/s1. The highest BCUT2D eigenvalue weighted by Gasteiger charge is 2.61. The van der Waals surface area contributed by atoms with E-state index in [0.717, 1.165) is 60.9 Å². The molecule has 3 N–H and O–H groups in total. The summed E-state index contributed by atoms with van der Waals surface area (Å²) in [6, 6.07) is 19.5. The minimum absolute atomic E-state index is 0.0742. The number of thiophene rings is 1. The van der Waals surface area contributed by atoms with Crippen molar-refractivity contribution in [2.24, 2.45) is 5.92 Å². The number of amides is 4. The summed E-state index contributed by atoms with van der Waals surface area (Å²) in [5, 5.41) is 11.1. The highest BCUT2D eigenvalue weighted by atomic mass is 32.1. The van der Waals surface area contributed by atoms with Crippen molar-refractivity contribution in [2.75, 3.05) is 13.1 Å². The van der Waals surface area contributed by atoms with Crippen molar-refractivity contribution >= 4 is 46.2 Å². The number of fused-ring (bicyclic) bond motifs is 3. The second kappa shape index (κ2) is 17.5. The largest absolute Gasteiger partial charge is 0.471 e. The van der Waals surface area contributed by atoms with Crippen LogP contribution in [0.4, 0.5) is 4.79 Å². The zero-order chi connectivity index (χ0) is 39.2. The lowest BCUT2D eigenvalue weighted by Gasteiger charge is -2.30. The van der Waals surface area contributed by atoms with E-state index in [4.69, 9.17) is 19.4 Å². The molecule has 57 heavy (non-hydrogen) atoms. The fourth-order valence-corrected chi connectivity index (χ4v) is 9.13. The van der Waals surface area contributed by atoms with E-state index >= 15 is 0 Å². The van der Waals surface area contributed by atoms with Crippen LogP contribution in [0.1, 0.15) is 76.2 Å². The van der Waals surface area contributed by atoms with Gasteiger partial charge in [0.2, 0.25) is 23.6 Å². The van der Waals surface area contributed by atoms with Crippen molar-refractivity contribution in [1.82, 2.24) is 30.8 Å². The number of hydrogen-bond donors (Lipinski definition) is 3. The topological polar surface area (TPSA) is 152 Å². The fraction of sp³-hybridized carbons (Fsp3) is 0.455. The Kier molecular flexibility index (Phi) is 11.8. The minimum atomic E-state index is -1.14. The van der Waals surface area contributed by atoms with Crippen LogP contribution in [0, 0.1) is 5.92 Å². The van der Waals surface area contributed by atoms with E-state index < -0.39 is 35.7 Å². The highest BCUT2D eigenvalue weighted by molar-refractivity contribution is 7.13. The number of allylic oxidation sites excluding steroid dienone is 1. The van der Waals surface area contributed by atoms with Crippen molar-refractivity contribution < 1.29 is 28.7 Å². The van der Waals surface area contributed by atoms with Crippen LogP contribution in [0.2, 0.25) is 0 Å². The van der Waals surface area contributed by atoms with E-state index in [1.807, 2.05) is 78.2 Å². The fourth-order valence-electron chi connectivity index (χ4n) is 8.42. The van der Waals surface area contributed by atoms with Gasteiger partial charge in [-0.2, -0.15) is 0 Å². The van der Waals surface area contributed by atoms with E-state index in [1.54, 1.807) is 0 Å². The van der Waals surface area contributed by atoms with Gasteiger partial charge < -0.3 is 30.3 Å². The number of ether oxygens (including phenoxy) is 2. The number of aromatic nitrogens is 2. The molecule has 0 spiro atoms. The maximum atomic E-state index is 14.7. The number of nitrogens with zero attached hydrogens (tertiary/aromatic N) is 3. The molecule has 1 unspecified atom stereocenters. The van der Waals surface area contributed by atoms with Gasteiger partial charge in [0.15, 0.2) is 0 Å². The minimum Gasteiger partial charge on any atom is -0.471 e. The number of carbonyl (C=O) groups excluding carboxylic acids is 4. The van der Waals surface area contributed by atoms with Crippen LogP contribution in [0.5, 0.6) is 5.88 Å². The van der Waals surface area contributed by atoms with Gasteiger partial charge >= 0.3 is 6.09 Å². The molecule has 2 aliphatic carbocycles. The molecule has 4 heterocycles. The molecule has 0 radical (unpaired) electrons. The number of hydrogen-bond acceptors (Lipinski definition) is 9. The highest BCUT2D eigenvalue weighted by Crippen LogP contribution is 2.45. The molecule has 3 fully saturated rings. The van der Waals surface area contributed by atoms with Crippen LogP contribution in [0.25, 0.3) is 21.6 Å². The van der Waals surface area contributed by atoms with Crippen molar-refractivity contribution in [1.29, 1.82) is 0 Å². The van der Waals surface area contributed by atoms with E-state index in [1.165, 1.54) is 16.2 Å². The molecule has 8 rings (SSSR count). The van der Waals surface area contributed by atoms with E-state index in [0.29, 0.717) is 49.3 Å². The lowest BCUT2D eigenvalue weighted by molar-refractivity contribution is -0.141.